The molecule has 128 valence electrons. The number of nitrogens with zero attached hydrogens (tertiary/aromatic N) is 2. The van der Waals surface area contributed by atoms with Crippen molar-refractivity contribution >= 4 is 18.3 Å². The van der Waals surface area contributed by atoms with Crippen LogP contribution in [0.25, 0.3) is 11.3 Å². The first-order valence-corrected chi connectivity index (χ1v) is 8.36. The van der Waals surface area contributed by atoms with E-state index in [4.69, 9.17) is 0 Å². The number of hydrogen-bond acceptors (Lipinski definition) is 3. The Balaban J connectivity index is 0.00000169. The zero-order valence-electron chi connectivity index (χ0n) is 13.6. The Bertz CT molecular complexity index is 684. The smallest absolute Gasteiger partial charge is 0.257 e. The topological polar surface area (TPSA) is 61.0 Å². The fourth-order valence-electron chi connectivity index (χ4n) is 3.85. The molecule has 2 aromatic rings. The molecule has 1 spiro atoms. The first-order valence-electron chi connectivity index (χ1n) is 8.36. The summed E-state index contributed by atoms with van der Waals surface area (Å²) < 4.78 is 0. The van der Waals surface area contributed by atoms with Crippen molar-refractivity contribution in [3.05, 3.63) is 42.1 Å². The number of likely N-dealkylation sites (tertiary alicyclic amines) is 1. The summed E-state index contributed by atoms with van der Waals surface area (Å²) >= 11 is 0. The van der Waals surface area contributed by atoms with Crippen LogP contribution in [-0.2, 0) is 0 Å². The SMILES string of the molecule is Cl.O=C(c1cn[nH]c1-c1ccccc1)N1CCC2(CCNC2)CC1. The van der Waals surface area contributed by atoms with Crippen LogP contribution >= 0.6 is 12.4 Å². The highest BCUT2D eigenvalue weighted by atomic mass is 35.5. The van der Waals surface area contributed by atoms with Crippen LogP contribution in [0.4, 0.5) is 0 Å². The van der Waals surface area contributed by atoms with E-state index in [9.17, 15) is 4.79 Å². The van der Waals surface area contributed by atoms with E-state index in [1.54, 1.807) is 6.20 Å². The van der Waals surface area contributed by atoms with Gasteiger partial charge < -0.3 is 10.2 Å². The van der Waals surface area contributed by atoms with Gasteiger partial charge in [0.25, 0.3) is 5.91 Å². The van der Waals surface area contributed by atoms with Crippen molar-refractivity contribution in [2.24, 2.45) is 5.41 Å². The van der Waals surface area contributed by atoms with Gasteiger partial charge in [0.05, 0.1) is 17.5 Å². The maximum Gasteiger partial charge on any atom is 0.257 e. The van der Waals surface area contributed by atoms with Crippen molar-refractivity contribution in [3.63, 3.8) is 0 Å². The minimum absolute atomic E-state index is 0. The van der Waals surface area contributed by atoms with Crippen LogP contribution < -0.4 is 5.32 Å². The third kappa shape index (κ3) is 3.06. The van der Waals surface area contributed by atoms with Gasteiger partial charge in [0, 0.05) is 25.2 Å². The third-order valence-corrected chi connectivity index (χ3v) is 5.38. The lowest BCUT2D eigenvalue weighted by Crippen LogP contribution is -2.44. The molecule has 2 aliphatic heterocycles. The minimum Gasteiger partial charge on any atom is -0.338 e. The number of nitrogens with one attached hydrogen (secondary N) is 2. The quantitative estimate of drug-likeness (QED) is 0.879. The first kappa shape index (κ1) is 17.0. The second-order valence-corrected chi connectivity index (χ2v) is 6.74. The standard InChI is InChI=1S/C18H22N4O.ClH/c23-17(22-10-7-18(8-11-22)6-9-19-13-18)15-12-20-21-16(15)14-4-2-1-3-5-14;/h1-5,12,19H,6-11,13H2,(H,20,21);1H. The molecular formula is C18H23ClN4O. The minimum atomic E-state index is 0. The number of hydrogen-bond donors (Lipinski definition) is 2. The predicted molar refractivity (Wildman–Crippen MR) is 96.3 cm³/mol. The zero-order valence-corrected chi connectivity index (χ0v) is 14.4. The normalized spacial score (nSPS) is 19.2. The summed E-state index contributed by atoms with van der Waals surface area (Å²) in [5, 5.41) is 10.6. The molecule has 0 saturated carbocycles. The molecule has 6 heteroatoms. The summed E-state index contributed by atoms with van der Waals surface area (Å²) in [5.74, 6) is 0.0957. The number of rotatable bonds is 2. The molecule has 0 unspecified atom stereocenters. The van der Waals surface area contributed by atoms with Crippen LogP contribution in [0.2, 0.25) is 0 Å². The lowest BCUT2D eigenvalue weighted by Gasteiger charge is -2.38. The van der Waals surface area contributed by atoms with E-state index in [2.05, 4.69) is 15.5 Å². The number of carbonyl (C=O) groups excluding carboxylic acids is 1. The molecule has 24 heavy (non-hydrogen) atoms. The molecule has 1 amide bonds. The van der Waals surface area contributed by atoms with Gasteiger partial charge in [-0.25, -0.2) is 0 Å². The lowest BCUT2D eigenvalue weighted by molar-refractivity contribution is 0.0608. The molecule has 0 atom stereocenters. The van der Waals surface area contributed by atoms with Crippen LogP contribution in [0, 0.1) is 5.41 Å². The summed E-state index contributed by atoms with van der Waals surface area (Å²) in [6.45, 7) is 3.92. The maximum absolute atomic E-state index is 12.9. The molecule has 0 bridgehead atoms. The number of aromatic amines is 1. The fourth-order valence-corrected chi connectivity index (χ4v) is 3.85. The van der Waals surface area contributed by atoms with E-state index in [0.29, 0.717) is 11.0 Å². The van der Waals surface area contributed by atoms with Gasteiger partial charge in [0.15, 0.2) is 0 Å². The van der Waals surface area contributed by atoms with E-state index in [-0.39, 0.29) is 18.3 Å². The van der Waals surface area contributed by atoms with Crippen molar-refractivity contribution in [1.29, 1.82) is 0 Å². The number of amides is 1. The molecule has 4 rings (SSSR count). The number of aromatic nitrogens is 2. The maximum atomic E-state index is 12.9. The van der Waals surface area contributed by atoms with E-state index < -0.39 is 0 Å². The van der Waals surface area contributed by atoms with Gasteiger partial charge in [0.1, 0.15) is 0 Å². The number of halogens is 1. The molecule has 0 aliphatic carbocycles. The molecule has 2 aliphatic rings. The Morgan fingerprint density at radius 1 is 1.12 bits per heavy atom. The number of benzene rings is 1. The molecular weight excluding hydrogens is 324 g/mol. The summed E-state index contributed by atoms with van der Waals surface area (Å²) in [6, 6.07) is 9.92. The van der Waals surface area contributed by atoms with Gasteiger partial charge in [-0.15, -0.1) is 12.4 Å². The fraction of sp³-hybridized carbons (Fsp3) is 0.444. The number of piperidine rings is 1. The highest BCUT2D eigenvalue weighted by Crippen LogP contribution is 2.37. The zero-order chi connectivity index (χ0) is 15.7. The lowest BCUT2D eigenvalue weighted by atomic mass is 9.78. The Labute approximate surface area is 148 Å². The van der Waals surface area contributed by atoms with Crippen LogP contribution in [-0.4, -0.2) is 47.2 Å². The summed E-state index contributed by atoms with van der Waals surface area (Å²) in [7, 11) is 0. The van der Waals surface area contributed by atoms with Gasteiger partial charge in [0.2, 0.25) is 0 Å². The molecule has 1 aromatic heterocycles. The number of carbonyl (C=O) groups is 1. The molecule has 2 saturated heterocycles. The average molecular weight is 347 g/mol. The molecule has 0 radical (unpaired) electrons. The Morgan fingerprint density at radius 2 is 1.88 bits per heavy atom. The van der Waals surface area contributed by atoms with Gasteiger partial charge in [-0.3, -0.25) is 9.89 Å². The largest absolute Gasteiger partial charge is 0.338 e. The molecule has 5 nitrogen and oxygen atoms in total. The van der Waals surface area contributed by atoms with E-state index in [1.807, 2.05) is 35.2 Å². The van der Waals surface area contributed by atoms with Gasteiger partial charge >= 0.3 is 0 Å². The Kier molecular flexibility index (Phi) is 4.92. The highest BCUT2D eigenvalue weighted by molar-refractivity contribution is 5.99. The molecule has 2 N–H and O–H groups in total. The van der Waals surface area contributed by atoms with Crippen molar-refractivity contribution in [3.8, 4) is 11.3 Å². The molecule has 1 aromatic carbocycles. The second kappa shape index (κ2) is 6.95. The van der Waals surface area contributed by atoms with Gasteiger partial charge in [-0.1, -0.05) is 30.3 Å². The van der Waals surface area contributed by atoms with Gasteiger partial charge in [-0.05, 0) is 31.2 Å². The summed E-state index contributed by atoms with van der Waals surface area (Å²) in [4.78, 5) is 14.9. The molecule has 3 heterocycles. The van der Waals surface area contributed by atoms with E-state index in [1.165, 1.54) is 6.42 Å². The van der Waals surface area contributed by atoms with Crippen LogP contribution in [0.3, 0.4) is 0 Å². The third-order valence-electron chi connectivity index (χ3n) is 5.38. The van der Waals surface area contributed by atoms with Crippen molar-refractivity contribution < 1.29 is 4.79 Å². The molecule has 2 fully saturated rings. The first-order chi connectivity index (χ1) is 11.3. The summed E-state index contributed by atoms with van der Waals surface area (Å²) in [5.41, 5.74) is 2.92. The van der Waals surface area contributed by atoms with E-state index in [0.717, 1.165) is 50.3 Å². The second-order valence-electron chi connectivity index (χ2n) is 6.74. The van der Waals surface area contributed by atoms with Crippen molar-refractivity contribution in [2.45, 2.75) is 19.3 Å². The number of H-pyrrole nitrogens is 1. The summed E-state index contributed by atoms with van der Waals surface area (Å²) in [6.07, 6.45) is 5.11. The Morgan fingerprint density at radius 3 is 2.54 bits per heavy atom. The highest BCUT2D eigenvalue weighted by Gasteiger charge is 2.38. The van der Waals surface area contributed by atoms with Crippen LogP contribution in [0.1, 0.15) is 29.6 Å². The van der Waals surface area contributed by atoms with Gasteiger partial charge in [-0.2, -0.15) is 5.10 Å². The van der Waals surface area contributed by atoms with E-state index >= 15 is 0 Å². The average Bonchev–Trinajstić information content (AvgIpc) is 3.26. The monoisotopic (exact) mass is 346 g/mol. The van der Waals surface area contributed by atoms with Crippen LogP contribution in [0.15, 0.2) is 36.5 Å². The van der Waals surface area contributed by atoms with Crippen LogP contribution in [0.5, 0.6) is 0 Å². The predicted octanol–water partition coefficient (Wildman–Crippen LogP) is 2.71. The van der Waals surface area contributed by atoms with Crippen molar-refractivity contribution in [1.82, 2.24) is 20.4 Å². The Hall–Kier alpha value is -1.85. The van der Waals surface area contributed by atoms with Crippen molar-refractivity contribution in [2.75, 3.05) is 26.2 Å².